The summed E-state index contributed by atoms with van der Waals surface area (Å²) in [6, 6.07) is 0.254. The van der Waals surface area contributed by atoms with Gasteiger partial charge in [-0.2, -0.15) is 0 Å². The second kappa shape index (κ2) is 8.71. The number of esters is 1. The molecule has 0 saturated carbocycles. The summed E-state index contributed by atoms with van der Waals surface area (Å²) in [5, 5.41) is 3.35. The summed E-state index contributed by atoms with van der Waals surface area (Å²) in [5.74, 6) is -0.177. The predicted molar refractivity (Wildman–Crippen MR) is 86.5 cm³/mol. The number of carbonyl (C=O) groups excluding carboxylic acids is 1. The first-order valence-electron chi connectivity index (χ1n) is 8.14. The fourth-order valence-electron chi connectivity index (χ4n) is 2.94. The van der Waals surface area contributed by atoms with Gasteiger partial charge >= 0.3 is 5.97 Å². The van der Waals surface area contributed by atoms with Crippen LogP contribution in [0.1, 0.15) is 40.0 Å². The van der Waals surface area contributed by atoms with Crippen molar-refractivity contribution in [3.63, 3.8) is 0 Å². The number of hydrogen-bond acceptors (Lipinski definition) is 5. The number of hydrogen-bond donors (Lipinski definition) is 1. The fourth-order valence-corrected chi connectivity index (χ4v) is 2.94. The van der Waals surface area contributed by atoms with E-state index in [0.29, 0.717) is 0 Å². The standard InChI is InChI=1S/C16H33N3O2/c1-14(2)17-16(3,15(20)21-5)8-11-18(4)12-13-19-9-6-7-10-19/h14,17H,6-13H2,1-5H3. The Morgan fingerprint density at radius 3 is 2.48 bits per heavy atom. The van der Waals surface area contributed by atoms with Crippen LogP contribution < -0.4 is 5.32 Å². The number of rotatable bonds is 9. The van der Waals surface area contributed by atoms with Gasteiger partial charge in [0.1, 0.15) is 5.54 Å². The van der Waals surface area contributed by atoms with E-state index in [-0.39, 0.29) is 12.0 Å². The van der Waals surface area contributed by atoms with Crippen molar-refractivity contribution in [1.82, 2.24) is 15.1 Å². The molecular formula is C16H33N3O2. The lowest BCUT2D eigenvalue weighted by molar-refractivity contribution is -0.148. The molecule has 124 valence electrons. The third kappa shape index (κ3) is 6.32. The highest BCUT2D eigenvalue weighted by Crippen LogP contribution is 2.14. The number of likely N-dealkylation sites (tertiary alicyclic amines) is 1. The molecule has 1 aliphatic rings. The molecule has 1 aliphatic heterocycles. The Morgan fingerprint density at radius 1 is 1.33 bits per heavy atom. The Kier molecular flexibility index (Phi) is 7.63. The van der Waals surface area contributed by atoms with E-state index in [9.17, 15) is 4.79 Å². The van der Waals surface area contributed by atoms with Gasteiger partial charge in [0.15, 0.2) is 0 Å². The summed E-state index contributed by atoms with van der Waals surface area (Å²) < 4.78 is 4.96. The highest BCUT2D eigenvalue weighted by Gasteiger charge is 2.34. The fraction of sp³-hybridized carbons (Fsp3) is 0.938. The molecule has 1 rings (SSSR count). The first kappa shape index (κ1) is 18.4. The smallest absolute Gasteiger partial charge is 0.325 e. The minimum absolute atomic E-state index is 0.177. The third-order valence-corrected chi connectivity index (χ3v) is 4.23. The molecule has 0 aromatic carbocycles. The molecule has 21 heavy (non-hydrogen) atoms. The molecule has 1 saturated heterocycles. The Morgan fingerprint density at radius 2 is 1.95 bits per heavy atom. The number of methoxy groups -OCH3 is 1. The minimum Gasteiger partial charge on any atom is -0.468 e. The van der Waals surface area contributed by atoms with Gasteiger partial charge in [0.25, 0.3) is 0 Å². The molecule has 5 heteroatoms. The second-order valence-electron chi connectivity index (χ2n) is 6.72. The first-order chi connectivity index (χ1) is 9.87. The molecule has 0 aliphatic carbocycles. The van der Waals surface area contributed by atoms with Gasteiger partial charge in [-0.3, -0.25) is 10.1 Å². The zero-order valence-corrected chi connectivity index (χ0v) is 14.4. The van der Waals surface area contributed by atoms with E-state index >= 15 is 0 Å². The number of ether oxygens (including phenoxy) is 1. The van der Waals surface area contributed by atoms with Gasteiger partial charge in [-0.1, -0.05) is 0 Å². The molecule has 5 nitrogen and oxygen atoms in total. The van der Waals surface area contributed by atoms with Crippen LogP contribution in [0.5, 0.6) is 0 Å². The van der Waals surface area contributed by atoms with E-state index in [2.05, 4.69) is 36.0 Å². The van der Waals surface area contributed by atoms with Crippen molar-refractivity contribution < 1.29 is 9.53 Å². The van der Waals surface area contributed by atoms with Crippen LogP contribution in [0.25, 0.3) is 0 Å². The van der Waals surface area contributed by atoms with Crippen LogP contribution in [0.3, 0.4) is 0 Å². The maximum absolute atomic E-state index is 12.0. The van der Waals surface area contributed by atoms with Crippen LogP contribution in [-0.2, 0) is 9.53 Å². The third-order valence-electron chi connectivity index (χ3n) is 4.23. The van der Waals surface area contributed by atoms with Crippen molar-refractivity contribution in [3.05, 3.63) is 0 Å². The van der Waals surface area contributed by atoms with E-state index in [0.717, 1.165) is 26.1 Å². The molecule has 0 aromatic rings. The average Bonchev–Trinajstić information content (AvgIpc) is 2.94. The monoisotopic (exact) mass is 299 g/mol. The van der Waals surface area contributed by atoms with Crippen LogP contribution in [0, 0.1) is 0 Å². The van der Waals surface area contributed by atoms with Crippen molar-refractivity contribution in [2.24, 2.45) is 0 Å². The number of likely N-dealkylation sites (N-methyl/N-ethyl adjacent to an activating group) is 1. The van der Waals surface area contributed by atoms with Gasteiger partial charge in [-0.15, -0.1) is 0 Å². The van der Waals surface area contributed by atoms with Gasteiger partial charge < -0.3 is 14.5 Å². The lowest BCUT2D eigenvalue weighted by Crippen LogP contribution is -2.54. The van der Waals surface area contributed by atoms with Gasteiger partial charge in [-0.25, -0.2) is 0 Å². The lowest BCUT2D eigenvalue weighted by atomic mass is 9.96. The largest absolute Gasteiger partial charge is 0.468 e. The minimum atomic E-state index is -0.606. The first-order valence-corrected chi connectivity index (χ1v) is 8.14. The summed E-state index contributed by atoms with van der Waals surface area (Å²) >= 11 is 0. The van der Waals surface area contributed by atoms with Crippen LogP contribution in [0.15, 0.2) is 0 Å². The van der Waals surface area contributed by atoms with Gasteiger partial charge in [0.05, 0.1) is 7.11 Å². The van der Waals surface area contributed by atoms with Crippen molar-refractivity contribution in [1.29, 1.82) is 0 Å². The highest BCUT2D eigenvalue weighted by molar-refractivity contribution is 5.80. The van der Waals surface area contributed by atoms with E-state index in [1.807, 2.05) is 6.92 Å². The zero-order chi connectivity index (χ0) is 15.9. The topological polar surface area (TPSA) is 44.8 Å². The summed E-state index contributed by atoms with van der Waals surface area (Å²) in [6.45, 7) is 11.6. The maximum Gasteiger partial charge on any atom is 0.325 e. The maximum atomic E-state index is 12.0. The Hall–Kier alpha value is -0.650. The molecule has 0 amide bonds. The predicted octanol–water partition coefficient (Wildman–Crippen LogP) is 1.33. The van der Waals surface area contributed by atoms with Crippen LogP contribution in [-0.4, -0.2) is 74.2 Å². The molecular weight excluding hydrogens is 266 g/mol. The van der Waals surface area contributed by atoms with E-state index < -0.39 is 5.54 Å². The van der Waals surface area contributed by atoms with E-state index in [1.165, 1.54) is 33.0 Å². The van der Waals surface area contributed by atoms with Crippen LogP contribution >= 0.6 is 0 Å². The highest BCUT2D eigenvalue weighted by atomic mass is 16.5. The molecule has 0 bridgehead atoms. The molecule has 0 radical (unpaired) electrons. The normalized spacial score (nSPS) is 19.2. The van der Waals surface area contributed by atoms with Gasteiger partial charge in [0, 0.05) is 25.7 Å². The van der Waals surface area contributed by atoms with Crippen molar-refractivity contribution in [2.45, 2.75) is 51.6 Å². The number of nitrogens with one attached hydrogen (secondary N) is 1. The molecule has 1 fully saturated rings. The Bertz CT molecular complexity index is 317. The zero-order valence-electron chi connectivity index (χ0n) is 14.4. The summed E-state index contributed by atoms with van der Waals surface area (Å²) in [6.07, 6.45) is 3.43. The molecule has 0 aromatic heterocycles. The van der Waals surface area contributed by atoms with Crippen LogP contribution in [0.4, 0.5) is 0 Å². The van der Waals surface area contributed by atoms with E-state index in [4.69, 9.17) is 4.74 Å². The molecule has 0 spiro atoms. The van der Waals surface area contributed by atoms with Gasteiger partial charge in [0.2, 0.25) is 0 Å². The number of carbonyl (C=O) groups is 1. The molecule has 1 unspecified atom stereocenters. The quantitative estimate of drug-likeness (QED) is 0.651. The van der Waals surface area contributed by atoms with E-state index in [1.54, 1.807) is 0 Å². The lowest BCUT2D eigenvalue weighted by Gasteiger charge is -2.32. The Balaban J connectivity index is 2.38. The van der Waals surface area contributed by atoms with Crippen molar-refractivity contribution in [2.75, 3.05) is 46.9 Å². The van der Waals surface area contributed by atoms with Crippen molar-refractivity contribution in [3.8, 4) is 0 Å². The Labute approximate surface area is 130 Å². The van der Waals surface area contributed by atoms with Gasteiger partial charge in [-0.05, 0) is 60.2 Å². The molecule has 1 heterocycles. The molecule has 1 atom stereocenters. The summed E-state index contributed by atoms with van der Waals surface area (Å²) in [4.78, 5) is 16.9. The SMILES string of the molecule is COC(=O)C(C)(CCN(C)CCN1CCCC1)NC(C)C. The second-order valence-corrected chi connectivity index (χ2v) is 6.72. The number of nitrogens with zero attached hydrogens (tertiary/aromatic N) is 2. The summed E-state index contributed by atoms with van der Waals surface area (Å²) in [7, 11) is 3.59. The molecule has 1 N–H and O–H groups in total. The summed E-state index contributed by atoms with van der Waals surface area (Å²) in [5.41, 5.74) is -0.606. The van der Waals surface area contributed by atoms with Crippen molar-refractivity contribution >= 4 is 5.97 Å². The average molecular weight is 299 g/mol. The van der Waals surface area contributed by atoms with Crippen LogP contribution in [0.2, 0.25) is 0 Å².